The van der Waals surface area contributed by atoms with Gasteiger partial charge < -0.3 is 10.1 Å². The Hall–Kier alpha value is -0.0800. The van der Waals surface area contributed by atoms with Gasteiger partial charge in [0.05, 0.1) is 0 Å². The van der Waals surface area contributed by atoms with E-state index in [1.807, 2.05) is 7.05 Å². The predicted molar refractivity (Wildman–Crippen MR) is 39.6 cm³/mol. The van der Waals surface area contributed by atoms with Crippen molar-refractivity contribution in [2.45, 2.75) is 25.8 Å². The molecule has 0 aliphatic carbocycles. The van der Waals surface area contributed by atoms with Crippen LogP contribution in [0.2, 0.25) is 0 Å². The SMILES string of the molecule is CCC(CCOC)NC. The molecule has 2 nitrogen and oxygen atoms in total. The van der Waals surface area contributed by atoms with Gasteiger partial charge in [0.25, 0.3) is 0 Å². The summed E-state index contributed by atoms with van der Waals surface area (Å²) < 4.78 is 4.94. The van der Waals surface area contributed by atoms with Crippen LogP contribution in [0.3, 0.4) is 0 Å². The molecular formula is C7H17NO. The standard InChI is InChI=1S/C7H17NO/c1-4-7(8-2)5-6-9-3/h7-8H,4-6H2,1-3H3. The molecule has 0 saturated heterocycles. The molecule has 0 amide bonds. The minimum absolute atomic E-state index is 0.630. The van der Waals surface area contributed by atoms with E-state index < -0.39 is 0 Å². The van der Waals surface area contributed by atoms with Gasteiger partial charge in [-0.05, 0) is 19.9 Å². The molecule has 0 heterocycles. The van der Waals surface area contributed by atoms with Crippen molar-refractivity contribution >= 4 is 0 Å². The van der Waals surface area contributed by atoms with Crippen molar-refractivity contribution in [1.82, 2.24) is 5.32 Å². The van der Waals surface area contributed by atoms with Crippen molar-refractivity contribution in [3.63, 3.8) is 0 Å². The molecule has 9 heavy (non-hydrogen) atoms. The molecule has 56 valence electrons. The smallest absolute Gasteiger partial charge is 0.0477 e. The summed E-state index contributed by atoms with van der Waals surface area (Å²) in [6, 6.07) is 0.630. The maximum absolute atomic E-state index is 4.94. The minimum atomic E-state index is 0.630. The van der Waals surface area contributed by atoms with Crippen LogP contribution in [0.4, 0.5) is 0 Å². The second kappa shape index (κ2) is 6.05. The van der Waals surface area contributed by atoms with Crippen molar-refractivity contribution in [3.8, 4) is 0 Å². The van der Waals surface area contributed by atoms with E-state index in [4.69, 9.17) is 4.74 Å². The molecule has 0 radical (unpaired) electrons. The van der Waals surface area contributed by atoms with Gasteiger partial charge in [0, 0.05) is 19.8 Å². The van der Waals surface area contributed by atoms with Crippen molar-refractivity contribution in [2.75, 3.05) is 20.8 Å². The summed E-state index contributed by atoms with van der Waals surface area (Å²) in [5.74, 6) is 0. The van der Waals surface area contributed by atoms with Crippen molar-refractivity contribution in [2.24, 2.45) is 0 Å². The van der Waals surface area contributed by atoms with Crippen LogP contribution in [0.15, 0.2) is 0 Å². The first kappa shape index (κ1) is 8.92. The van der Waals surface area contributed by atoms with E-state index in [1.165, 1.54) is 6.42 Å². The monoisotopic (exact) mass is 131 g/mol. The van der Waals surface area contributed by atoms with Gasteiger partial charge in [-0.25, -0.2) is 0 Å². The molecule has 0 aromatic carbocycles. The van der Waals surface area contributed by atoms with E-state index in [9.17, 15) is 0 Å². The van der Waals surface area contributed by atoms with Crippen LogP contribution < -0.4 is 5.32 Å². The maximum atomic E-state index is 4.94. The molecule has 2 heteroatoms. The fourth-order valence-corrected chi connectivity index (χ4v) is 0.813. The number of nitrogens with one attached hydrogen (secondary N) is 1. The zero-order chi connectivity index (χ0) is 7.11. The lowest BCUT2D eigenvalue weighted by Gasteiger charge is -2.11. The van der Waals surface area contributed by atoms with Crippen molar-refractivity contribution in [1.29, 1.82) is 0 Å². The third-order valence-corrected chi connectivity index (χ3v) is 1.57. The zero-order valence-corrected chi connectivity index (χ0v) is 6.61. The van der Waals surface area contributed by atoms with Crippen LogP contribution >= 0.6 is 0 Å². The van der Waals surface area contributed by atoms with Gasteiger partial charge in [0.2, 0.25) is 0 Å². The summed E-state index contributed by atoms with van der Waals surface area (Å²) in [6.45, 7) is 3.04. The van der Waals surface area contributed by atoms with Gasteiger partial charge >= 0.3 is 0 Å². The molecule has 0 fully saturated rings. The lowest BCUT2D eigenvalue weighted by Crippen LogP contribution is -2.25. The third kappa shape index (κ3) is 4.43. The molecule has 0 aliphatic heterocycles. The molecule has 0 rings (SSSR count). The molecule has 0 spiro atoms. The van der Waals surface area contributed by atoms with Crippen LogP contribution in [-0.4, -0.2) is 26.8 Å². The average molecular weight is 131 g/mol. The van der Waals surface area contributed by atoms with Gasteiger partial charge in [-0.15, -0.1) is 0 Å². The Kier molecular flexibility index (Phi) is 5.99. The third-order valence-electron chi connectivity index (χ3n) is 1.57. The van der Waals surface area contributed by atoms with Crippen molar-refractivity contribution in [3.05, 3.63) is 0 Å². The summed E-state index contributed by atoms with van der Waals surface area (Å²) in [6.07, 6.45) is 2.30. The molecule has 0 aliphatic rings. The highest BCUT2D eigenvalue weighted by Gasteiger charge is 1.99. The quantitative estimate of drug-likeness (QED) is 0.601. The molecule has 0 aromatic rings. The molecular weight excluding hydrogens is 114 g/mol. The molecule has 0 saturated carbocycles. The number of methoxy groups -OCH3 is 1. The first-order valence-electron chi connectivity index (χ1n) is 3.51. The first-order chi connectivity index (χ1) is 4.35. The Bertz CT molecular complexity index is 52.9. The number of ether oxygens (including phenoxy) is 1. The summed E-state index contributed by atoms with van der Waals surface area (Å²) in [5.41, 5.74) is 0. The lowest BCUT2D eigenvalue weighted by atomic mass is 10.2. The van der Waals surface area contributed by atoms with Crippen LogP contribution in [0, 0.1) is 0 Å². The highest BCUT2D eigenvalue weighted by Crippen LogP contribution is 1.95. The highest BCUT2D eigenvalue weighted by molar-refractivity contribution is 4.59. The Balaban J connectivity index is 3.09. The Morgan fingerprint density at radius 3 is 2.56 bits per heavy atom. The average Bonchev–Trinajstić information content (AvgIpc) is 1.91. The van der Waals surface area contributed by atoms with E-state index in [2.05, 4.69) is 12.2 Å². The largest absolute Gasteiger partial charge is 0.385 e. The molecule has 0 bridgehead atoms. The summed E-state index contributed by atoms with van der Waals surface area (Å²) in [5, 5.41) is 3.21. The summed E-state index contributed by atoms with van der Waals surface area (Å²) in [7, 11) is 3.73. The number of hydrogen-bond donors (Lipinski definition) is 1. The van der Waals surface area contributed by atoms with Gasteiger partial charge in [-0.1, -0.05) is 6.92 Å². The van der Waals surface area contributed by atoms with Crippen molar-refractivity contribution < 1.29 is 4.74 Å². The van der Waals surface area contributed by atoms with E-state index >= 15 is 0 Å². The summed E-state index contributed by atoms with van der Waals surface area (Å²) in [4.78, 5) is 0. The Morgan fingerprint density at radius 2 is 2.22 bits per heavy atom. The van der Waals surface area contributed by atoms with Gasteiger partial charge in [-0.2, -0.15) is 0 Å². The first-order valence-corrected chi connectivity index (χ1v) is 3.51. The lowest BCUT2D eigenvalue weighted by molar-refractivity contribution is 0.183. The Labute approximate surface area is 57.6 Å². The second-order valence-electron chi connectivity index (χ2n) is 2.18. The molecule has 0 aromatic heterocycles. The fraction of sp³-hybridized carbons (Fsp3) is 1.00. The molecule has 1 atom stereocenters. The minimum Gasteiger partial charge on any atom is -0.385 e. The Morgan fingerprint density at radius 1 is 1.56 bits per heavy atom. The van der Waals surface area contributed by atoms with Crippen LogP contribution in [0.1, 0.15) is 19.8 Å². The van der Waals surface area contributed by atoms with Crippen LogP contribution in [0.25, 0.3) is 0 Å². The van der Waals surface area contributed by atoms with Crippen LogP contribution in [-0.2, 0) is 4.74 Å². The highest BCUT2D eigenvalue weighted by atomic mass is 16.5. The van der Waals surface area contributed by atoms with E-state index in [0.717, 1.165) is 13.0 Å². The summed E-state index contributed by atoms with van der Waals surface area (Å²) >= 11 is 0. The number of rotatable bonds is 5. The van der Waals surface area contributed by atoms with E-state index in [0.29, 0.717) is 6.04 Å². The van der Waals surface area contributed by atoms with E-state index in [-0.39, 0.29) is 0 Å². The topological polar surface area (TPSA) is 21.3 Å². The zero-order valence-electron chi connectivity index (χ0n) is 6.61. The fourth-order valence-electron chi connectivity index (χ4n) is 0.813. The number of hydrogen-bond acceptors (Lipinski definition) is 2. The van der Waals surface area contributed by atoms with E-state index in [1.54, 1.807) is 7.11 Å². The normalized spacial score (nSPS) is 13.7. The maximum Gasteiger partial charge on any atom is 0.0477 e. The van der Waals surface area contributed by atoms with Gasteiger partial charge in [-0.3, -0.25) is 0 Å². The van der Waals surface area contributed by atoms with Crippen LogP contribution in [0.5, 0.6) is 0 Å². The molecule has 1 N–H and O–H groups in total. The van der Waals surface area contributed by atoms with Gasteiger partial charge in [0.1, 0.15) is 0 Å². The van der Waals surface area contributed by atoms with Gasteiger partial charge in [0.15, 0.2) is 0 Å². The predicted octanol–water partition coefficient (Wildman–Crippen LogP) is 1.02. The molecule has 1 unspecified atom stereocenters. The second-order valence-corrected chi connectivity index (χ2v) is 2.18.